The zero-order valence-corrected chi connectivity index (χ0v) is 18.1. The van der Waals surface area contributed by atoms with Crippen molar-refractivity contribution < 1.29 is 51.0 Å². The van der Waals surface area contributed by atoms with E-state index in [9.17, 15) is 18.3 Å². The third-order valence-corrected chi connectivity index (χ3v) is 6.97. The molecule has 0 aliphatic heterocycles. The van der Waals surface area contributed by atoms with Crippen molar-refractivity contribution >= 4 is 0 Å². The van der Waals surface area contributed by atoms with E-state index in [0.717, 1.165) is 37.0 Å². The van der Waals surface area contributed by atoms with Gasteiger partial charge in [-0.1, -0.05) is 31.4 Å². The van der Waals surface area contributed by atoms with E-state index in [-0.39, 0.29) is 51.5 Å². The van der Waals surface area contributed by atoms with Crippen LogP contribution in [0.5, 0.6) is 0 Å². The van der Waals surface area contributed by atoms with E-state index >= 15 is 0 Å². The number of alkyl halides is 3. The minimum absolute atomic E-state index is 0. The van der Waals surface area contributed by atoms with Gasteiger partial charge in [0.2, 0.25) is 0 Å². The van der Waals surface area contributed by atoms with Crippen LogP contribution in [0.2, 0.25) is 0 Å². The van der Waals surface area contributed by atoms with Gasteiger partial charge >= 0.3 is 6.18 Å². The van der Waals surface area contributed by atoms with Crippen LogP contribution < -0.4 is 0 Å². The molecule has 0 spiro atoms. The zero-order chi connectivity index (χ0) is 17.3. The van der Waals surface area contributed by atoms with Crippen molar-refractivity contribution in [1.29, 1.82) is 0 Å². The molecule has 0 aromatic rings. The second-order valence-corrected chi connectivity index (χ2v) is 8.56. The minimum atomic E-state index is -4.16. The van der Waals surface area contributed by atoms with E-state index in [1.807, 2.05) is 0 Å². The summed E-state index contributed by atoms with van der Waals surface area (Å²) in [6.45, 7) is 2.34. The summed E-state index contributed by atoms with van der Waals surface area (Å²) in [7, 11) is 0. The van der Waals surface area contributed by atoms with E-state index in [2.05, 4.69) is 13.0 Å². The summed E-state index contributed by atoms with van der Waals surface area (Å²) in [4.78, 5) is 0. The van der Waals surface area contributed by atoms with Gasteiger partial charge in [0, 0.05) is 38.6 Å². The fraction of sp³-hybridized carbons (Fsp3) is 0.900. The fourth-order valence-electron chi connectivity index (χ4n) is 5.27. The maximum absolute atomic E-state index is 12.8. The second-order valence-electron chi connectivity index (χ2n) is 8.56. The first-order chi connectivity index (χ1) is 11.3. The van der Waals surface area contributed by atoms with Gasteiger partial charge in [0.05, 0.1) is 12.0 Å². The van der Waals surface area contributed by atoms with Gasteiger partial charge in [-0.2, -0.15) is 13.2 Å². The van der Waals surface area contributed by atoms with E-state index in [0.29, 0.717) is 6.42 Å². The smallest absolute Gasteiger partial charge is 0.391 e. The van der Waals surface area contributed by atoms with Crippen molar-refractivity contribution in [2.75, 3.05) is 0 Å². The Balaban J connectivity index is 0.00000225. The summed E-state index contributed by atoms with van der Waals surface area (Å²) >= 11 is 0. The Bertz CT molecular complexity index is 454. The van der Waals surface area contributed by atoms with Crippen LogP contribution in [0.25, 0.3) is 0 Å². The first-order valence-electron chi connectivity index (χ1n) is 9.78. The average molecular weight is 433 g/mol. The van der Waals surface area contributed by atoms with Crippen molar-refractivity contribution in [3.8, 4) is 0 Å². The Kier molecular flexibility index (Phi) is 8.05. The molecule has 4 unspecified atom stereocenters. The van der Waals surface area contributed by atoms with Crippen LogP contribution in [0.4, 0.5) is 13.2 Å². The zero-order valence-electron chi connectivity index (χ0n) is 15.3. The first kappa shape index (κ1) is 21.9. The standard InChI is InChI=1S/C20H31F3O.Y/c1-13-2-4-14(5-3-13)15-6-8-16(9-7-15)18-11-10-17(12-19(18)24)20(21,22)23;/h8,13-15,17-19,24H,2-7,9-12H2,1H3;. The Morgan fingerprint density at radius 3 is 2.16 bits per heavy atom. The third kappa shape index (κ3) is 5.54. The summed E-state index contributed by atoms with van der Waals surface area (Å²) < 4.78 is 38.5. The summed E-state index contributed by atoms with van der Waals surface area (Å²) in [5.74, 6) is 1.12. The van der Waals surface area contributed by atoms with Gasteiger partial charge in [0.25, 0.3) is 0 Å². The molecule has 2 fully saturated rings. The molecule has 1 nitrogen and oxygen atoms in total. The summed E-state index contributed by atoms with van der Waals surface area (Å²) in [6.07, 6.45) is 6.43. The molecule has 3 rings (SSSR count). The van der Waals surface area contributed by atoms with Gasteiger partial charge in [-0.25, -0.2) is 0 Å². The molecule has 25 heavy (non-hydrogen) atoms. The molecule has 5 heteroatoms. The fourth-order valence-corrected chi connectivity index (χ4v) is 5.27. The largest absolute Gasteiger partial charge is 0.392 e. The van der Waals surface area contributed by atoms with E-state index in [4.69, 9.17) is 0 Å². The number of aliphatic hydroxyl groups excluding tert-OH is 1. The number of allylic oxidation sites excluding steroid dienone is 1. The minimum Gasteiger partial charge on any atom is -0.392 e. The molecule has 3 aliphatic carbocycles. The number of hydrogen-bond acceptors (Lipinski definition) is 1. The van der Waals surface area contributed by atoms with Gasteiger partial charge in [-0.05, 0) is 69.1 Å². The molecular formula is C20H31F3OY. The van der Waals surface area contributed by atoms with Crippen LogP contribution in [-0.2, 0) is 32.7 Å². The Hall–Kier alpha value is 0.594. The average Bonchev–Trinajstić information content (AvgIpc) is 2.55. The van der Waals surface area contributed by atoms with Crippen molar-refractivity contribution in [3.63, 3.8) is 0 Å². The molecule has 0 bridgehead atoms. The monoisotopic (exact) mass is 433 g/mol. The van der Waals surface area contributed by atoms with Crippen LogP contribution in [0.3, 0.4) is 0 Å². The number of hydrogen-bond donors (Lipinski definition) is 1. The number of rotatable bonds is 2. The Labute approximate surface area is 175 Å². The Morgan fingerprint density at radius 1 is 0.960 bits per heavy atom. The predicted octanol–water partition coefficient (Wildman–Crippen LogP) is 5.88. The number of halogens is 3. The molecule has 2 saturated carbocycles. The van der Waals surface area contributed by atoms with Crippen LogP contribution in [0.1, 0.15) is 71.1 Å². The van der Waals surface area contributed by atoms with Crippen LogP contribution in [0.15, 0.2) is 11.6 Å². The van der Waals surface area contributed by atoms with Crippen molar-refractivity contribution in [2.45, 2.75) is 83.4 Å². The second kappa shape index (κ2) is 9.19. The molecule has 3 aliphatic rings. The van der Waals surface area contributed by atoms with Crippen molar-refractivity contribution in [1.82, 2.24) is 0 Å². The third-order valence-electron chi connectivity index (χ3n) is 6.97. The van der Waals surface area contributed by atoms with E-state index < -0.39 is 18.2 Å². The van der Waals surface area contributed by atoms with Gasteiger partial charge in [0.1, 0.15) is 0 Å². The summed E-state index contributed by atoms with van der Waals surface area (Å²) in [5, 5.41) is 10.3. The van der Waals surface area contributed by atoms with E-state index in [1.165, 1.54) is 31.3 Å². The molecule has 0 amide bonds. The van der Waals surface area contributed by atoms with Gasteiger partial charge < -0.3 is 5.11 Å². The van der Waals surface area contributed by atoms with Crippen LogP contribution in [-0.4, -0.2) is 17.4 Å². The SMILES string of the molecule is CC1CCC(C2CC=C(C3CCC(C(F)(F)F)CC3O)CC2)CC1.[Y]. The predicted molar refractivity (Wildman–Crippen MR) is 89.4 cm³/mol. The van der Waals surface area contributed by atoms with Gasteiger partial charge in [0.15, 0.2) is 0 Å². The van der Waals surface area contributed by atoms with Crippen LogP contribution in [0, 0.1) is 29.6 Å². The van der Waals surface area contributed by atoms with Crippen LogP contribution >= 0.6 is 0 Å². The molecule has 1 radical (unpaired) electrons. The molecule has 0 aromatic carbocycles. The van der Waals surface area contributed by atoms with Crippen molar-refractivity contribution in [2.24, 2.45) is 29.6 Å². The van der Waals surface area contributed by atoms with E-state index in [1.54, 1.807) is 0 Å². The van der Waals surface area contributed by atoms with Gasteiger partial charge in [-0.15, -0.1) is 0 Å². The molecule has 1 N–H and O–H groups in total. The molecule has 141 valence electrons. The Morgan fingerprint density at radius 2 is 1.64 bits per heavy atom. The summed E-state index contributed by atoms with van der Waals surface area (Å²) in [5.41, 5.74) is 1.24. The molecule has 4 atom stereocenters. The summed E-state index contributed by atoms with van der Waals surface area (Å²) in [6, 6.07) is 0. The maximum atomic E-state index is 12.8. The number of aliphatic hydroxyl groups is 1. The van der Waals surface area contributed by atoms with Crippen molar-refractivity contribution in [3.05, 3.63) is 11.6 Å². The molecule has 0 saturated heterocycles. The normalized spacial score (nSPS) is 40.1. The molecular weight excluding hydrogens is 402 g/mol. The quantitative estimate of drug-likeness (QED) is 0.540. The van der Waals surface area contributed by atoms with Gasteiger partial charge in [-0.3, -0.25) is 0 Å². The molecule has 0 heterocycles. The first-order valence-corrected chi connectivity index (χ1v) is 9.78. The maximum Gasteiger partial charge on any atom is 0.391 e. The topological polar surface area (TPSA) is 20.2 Å². The molecule has 0 aromatic heterocycles.